The van der Waals surface area contributed by atoms with E-state index in [-0.39, 0.29) is 6.04 Å². The number of pyridine rings is 2. The molecule has 190 valence electrons. The molecule has 0 unspecified atom stereocenters. The van der Waals surface area contributed by atoms with Gasteiger partial charge in [-0.15, -0.1) is 0 Å². The van der Waals surface area contributed by atoms with E-state index in [1.54, 1.807) is 19.3 Å². The maximum absolute atomic E-state index is 14.4. The number of alkyl halides is 3. The molecule has 1 N–H and O–H groups in total. The van der Waals surface area contributed by atoms with Gasteiger partial charge in [0.1, 0.15) is 17.6 Å². The SMILES string of the molecule is CCNc1cc2c(cn1)c(-c1cnc(C)o1)nn2C1CCC(Oc2nccc(C(F)(F)F)c2F)CC1. The Hall–Kier alpha value is -3.70. The molecule has 0 atom stereocenters. The van der Waals surface area contributed by atoms with Crippen molar-refractivity contribution in [1.29, 1.82) is 0 Å². The third-order valence-corrected chi connectivity index (χ3v) is 6.23. The van der Waals surface area contributed by atoms with Crippen molar-refractivity contribution in [2.75, 3.05) is 11.9 Å². The van der Waals surface area contributed by atoms with Gasteiger partial charge < -0.3 is 14.5 Å². The van der Waals surface area contributed by atoms with Crippen molar-refractivity contribution >= 4 is 16.7 Å². The molecule has 5 rings (SSSR count). The highest BCUT2D eigenvalue weighted by Gasteiger charge is 2.36. The molecule has 1 saturated carbocycles. The van der Waals surface area contributed by atoms with Gasteiger partial charge in [-0.2, -0.15) is 18.3 Å². The Morgan fingerprint density at radius 1 is 1.14 bits per heavy atom. The Balaban J connectivity index is 1.38. The summed E-state index contributed by atoms with van der Waals surface area (Å²) in [5.74, 6) is -0.326. The number of aryl methyl sites for hydroxylation is 1. The zero-order valence-electron chi connectivity index (χ0n) is 19.6. The summed E-state index contributed by atoms with van der Waals surface area (Å²) in [7, 11) is 0. The van der Waals surface area contributed by atoms with E-state index in [0.29, 0.717) is 55.6 Å². The van der Waals surface area contributed by atoms with Crippen molar-refractivity contribution in [3.05, 3.63) is 48.0 Å². The highest BCUT2D eigenvalue weighted by atomic mass is 19.4. The lowest BCUT2D eigenvalue weighted by Crippen LogP contribution is -2.27. The van der Waals surface area contributed by atoms with E-state index < -0.39 is 29.5 Å². The smallest absolute Gasteiger partial charge is 0.419 e. The zero-order chi connectivity index (χ0) is 25.4. The molecule has 1 aliphatic rings. The molecule has 4 heterocycles. The first-order chi connectivity index (χ1) is 17.2. The van der Waals surface area contributed by atoms with E-state index >= 15 is 0 Å². The van der Waals surface area contributed by atoms with Crippen molar-refractivity contribution < 1.29 is 26.7 Å². The molecule has 4 aromatic heterocycles. The summed E-state index contributed by atoms with van der Waals surface area (Å²) in [6, 6.07) is 2.54. The summed E-state index contributed by atoms with van der Waals surface area (Å²) in [4.78, 5) is 12.3. The van der Waals surface area contributed by atoms with Crippen LogP contribution in [0.25, 0.3) is 22.4 Å². The highest BCUT2D eigenvalue weighted by molar-refractivity contribution is 5.92. The van der Waals surface area contributed by atoms with E-state index in [1.165, 1.54) is 0 Å². The molecule has 0 saturated heterocycles. The molecule has 36 heavy (non-hydrogen) atoms. The third-order valence-electron chi connectivity index (χ3n) is 6.23. The van der Waals surface area contributed by atoms with Crippen LogP contribution in [0.5, 0.6) is 5.88 Å². The number of nitrogens with zero attached hydrogens (tertiary/aromatic N) is 5. The fourth-order valence-corrected chi connectivity index (χ4v) is 4.53. The van der Waals surface area contributed by atoms with Crippen molar-refractivity contribution in [3.63, 3.8) is 0 Å². The molecule has 12 heteroatoms. The van der Waals surface area contributed by atoms with Gasteiger partial charge in [0.25, 0.3) is 5.88 Å². The van der Waals surface area contributed by atoms with Crippen molar-refractivity contribution in [1.82, 2.24) is 24.7 Å². The predicted octanol–water partition coefficient (Wildman–Crippen LogP) is 5.94. The van der Waals surface area contributed by atoms with Crippen LogP contribution in [0.4, 0.5) is 23.4 Å². The van der Waals surface area contributed by atoms with Crippen molar-refractivity contribution in [2.24, 2.45) is 0 Å². The minimum absolute atomic E-state index is 0.00121. The highest BCUT2D eigenvalue weighted by Crippen LogP contribution is 2.38. The second-order valence-corrected chi connectivity index (χ2v) is 8.68. The fourth-order valence-electron chi connectivity index (χ4n) is 4.53. The lowest BCUT2D eigenvalue weighted by molar-refractivity contribution is -0.140. The molecule has 4 aromatic rings. The van der Waals surface area contributed by atoms with E-state index in [2.05, 4.69) is 20.3 Å². The minimum Gasteiger partial charge on any atom is -0.472 e. The van der Waals surface area contributed by atoms with Gasteiger partial charge in [0.05, 0.1) is 23.3 Å². The molecule has 0 aromatic carbocycles. The number of anilines is 1. The molecule has 0 amide bonds. The maximum atomic E-state index is 14.4. The molecule has 0 aliphatic heterocycles. The second-order valence-electron chi connectivity index (χ2n) is 8.68. The second kappa shape index (κ2) is 9.40. The standard InChI is InChI=1S/C24H24F4N6O2/c1-3-29-20-10-18-16(11-32-20)22(19-12-31-13(2)35-19)33-34(18)14-4-6-15(7-5-14)36-23-21(25)17(8-9-30-23)24(26,27)28/h8-12,14-15H,3-7H2,1-2H3,(H,29,32). The van der Waals surface area contributed by atoms with Gasteiger partial charge >= 0.3 is 6.18 Å². The Labute approximate surface area is 203 Å². The van der Waals surface area contributed by atoms with Crippen LogP contribution in [0.1, 0.15) is 50.1 Å². The molecule has 0 radical (unpaired) electrons. The number of oxazole rings is 1. The minimum atomic E-state index is -4.82. The first kappa shape index (κ1) is 24.0. The van der Waals surface area contributed by atoms with Gasteiger partial charge in [0, 0.05) is 37.3 Å². The normalized spacial score (nSPS) is 18.5. The summed E-state index contributed by atoms with van der Waals surface area (Å²) in [6.45, 7) is 4.45. The van der Waals surface area contributed by atoms with E-state index in [1.807, 2.05) is 17.7 Å². The number of rotatable bonds is 6. The topological polar surface area (TPSA) is 90.9 Å². The number of hydrogen-bond donors (Lipinski definition) is 1. The van der Waals surface area contributed by atoms with Crippen LogP contribution in [0.2, 0.25) is 0 Å². The van der Waals surface area contributed by atoms with Crippen LogP contribution in [0, 0.1) is 12.7 Å². The predicted molar refractivity (Wildman–Crippen MR) is 123 cm³/mol. The summed E-state index contributed by atoms with van der Waals surface area (Å²) >= 11 is 0. The Morgan fingerprint density at radius 2 is 1.92 bits per heavy atom. The number of fused-ring (bicyclic) bond motifs is 1. The van der Waals surface area contributed by atoms with Crippen molar-refractivity contribution in [3.8, 4) is 17.3 Å². The summed E-state index contributed by atoms with van der Waals surface area (Å²) in [6.07, 6.45) is 1.29. The maximum Gasteiger partial charge on any atom is 0.419 e. The summed E-state index contributed by atoms with van der Waals surface area (Å²) in [5, 5.41) is 8.86. The first-order valence-electron chi connectivity index (χ1n) is 11.7. The van der Waals surface area contributed by atoms with Gasteiger partial charge in [0.2, 0.25) is 0 Å². The number of hydrogen-bond acceptors (Lipinski definition) is 7. The van der Waals surface area contributed by atoms with E-state index in [9.17, 15) is 17.6 Å². The average molecular weight is 504 g/mol. The number of halogens is 4. The lowest BCUT2D eigenvalue weighted by Gasteiger charge is -2.29. The van der Waals surface area contributed by atoms with Gasteiger partial charge in [-0.25, -0.2) is 19.3 Å². The van der Waals surface area contributed by atoms with Crippen LogP contribution in [-0.2, 0) is 6.18 Å². The molecular formula is C24H24F4N6O2. The van der Waals surface area contributed by atoms with Crippen molar-refractivity contribution in [2.45, 2.75) is 57.9 Å². The lowest BCUT2D eigenvalue weighted by atomic mass is 9.93. The quantitative estimate of drug-likeness (QED) is 0.325. The van der Waals surface area contributed by atoms with Gasteiger partial charge in [-0.1, -0.05) is 0 Å². The summed E-state index contributed by atoms with van der Waals surface area (Å²) in [5.41, 5.74) is 0.124. The van der Waals surface area contributed by atoms with E-state index in [4.69, 9.17) is 14.3 Å². The van der Waals surface area contributed by atoms with Gasteiger partial charge in [-0.05, 0) is 38.7 Å². The first-order valence-corrected chi connectivity index (χ1v) is 11.7. The molecule has 8 nitrogen and oxygen atoms in total. The molecule has 1 fully saturated rings. The molecular weight excluding hydrogens is 480 g/mol. The third kappa shape index (κ3) is 4.59. The molecule has 0 bridgehead atoms. The van der Waals surface area contributed by atoms with Gasteiger partial charge in [0.15, 0.2) is 17.5 Å². The monoisotopic (exact) mass is 504 g/mol. The van der Waals surface area contributed by atoms with Crippen LogP contribution < -0.4 is 10.1 Å². The van der Waals surface area contributed by atoms with Crippen LogP contribution in [0.3, 0.4) is 0 Å². The zero-order valence-corrected chi connectivity index (χ0v) is 19.6. The van der Waals surface area contributed by atoms with Crippen LogP contribution >= 0.6 is 0 Å². The van der Waals surface area contributed by atoms with Crippen LogP contribution in [0.15, 0.2) is 35.1 Å². The van der Waals surface area contributed by atoms with E-state index in [0.717, 1.165) is 22.9 Å². The average Bonchev–Trinajstić information content (AvgIpc) is 3.44. The van der Waals surface area contributed by atoms with Gasteiger partial charge in [-0.3, -0.25) is 4.68 Å². The fraction of sp³-hybridized carbons (Fsp3) is 0.417. The number of nitrogens with one attached hydrogen (secondary N) is 1. The summed E-state index contributed by atoms with van der Waals surface area (Å²) < 4.78 is 66.6. The molecule has 1 aliphatic carbocycles. The van der Waals surface area contributed by atoms with Crippen LogP contribution in [-0.4, -0.2) is 37.4 Å². The Kier molecular flexibility index (Phi) is 6.27. The number of aromatic nitrogens is 5. The molecule has 0 spiro atoms. The Morgan fingerprint density at radius 3 is 2.58 bits per heavy atom. The Bertz CT molecular complexity index is 1370. The number of ether oxygens (including phenoxy) is 1. The largest absolute Gasteiger partial charge is 0.472 e.